The second kappa shape index (κ2) is 6.64. The van der Waals surface area contributed by atoms with E-state index >= 15 is 0 Å². The van der Waals surface area contributed by atoms with Crippen LogP contribution in [0.3, 0.4) is 0 Å². The second-order valence-corrected chi connectivity index (χ2v) is 5.59. The van der Waals surface area contributed by atoms with Gasteiger partial charge in [-0.1, -0.05) is 12.1 Å². The zero-order chi connectivity index (χ0) is 17.0. The van der Waals surface area contributed by atoms with Crippen LogP contribution in [0.5, 0.6) is 0 Å². The summed E-state index contributed by atoms with van der Waals surface area (Å²) in [6.45, 7) is 1.61. The van der Waals surface area contributed by atoms with Crippen molar-refractivity contribution < 1.29 is 14.3 Å². The van der Waals surface area contributed by atoms with Crippen LogP contribution >= 0.6 is 0 Å². The molecule has 3 rings (SSSR count). The van der Waals surface area contributed by atoms with Crippen LogP contribution in [0.15, 0.2) is 59.4 Å². The minimum Gasteiger partial charge on any atom is -0.466 e. The minimum absolute atomic E-state index is 0.0348. The second-order valence-electron chi connectivity index (χ2n) is 5.59. The quantitative estimate of drug-likeness (QED) is 0.703. The van der Waals surface area contributed by atoms with Gasteiger partial charge in [0.25, 0.3) is 0 Å². The van der Waals surface area contributed by atoms with Crippen molar-refractivity contribution in [3.63, 3.8) is 0 Å². The molecule has 0 spiro atoms. The van der Waals surface area contributed by atoms with Gasteiger partial charge in [-0.15, -0.1) is 0 Å². The predicted molar refractivity (Wildman–Crippen MR) is 89.9 cm³/mol. The van der Waals surface area contributed by atoms with Crippen molar-refractivity contribution in [2.45, 2.75) is 12.5 Å². The van der Waals surface area contributed by atoms with Gasteiger partial charge < -0.3 is 14.8 Å². The van der Waals surface area contributed by atoms with Gasteiger partial charge in [0.05, 0.1) is 35.7 Å². The van der Waals surface area contributed by atoms with Gasteiger partial charge in [0.2, 0.25) is 5.91 Å². The molecule has 0 saturated carbocycles. The lowest BCUT2D eigenvalue weighted by Crippen LogP contribution is -2.37. The fourth-order valence-electron chi connectivity index (χ4n) is 2.20. The van der Waals surface area contributed by atoms with E-state index in [0.29, 0.717) is 11.5 Å². The highest BCUT2D eigenvalue weighted by molar-refractivity contribution is 5.91. The molecule has 6 heteroatoms. The molecule has 0 radical (unpaired) electrons. The Kier molecular flexibility index (Phi) is 4.39. The number of amides is 1. The number of rotatable bonds is 5. The zero-order valence-corrected chi connectivity index (χ0v) is 13.1. The van der Waals surface area contributed by atoms with Crippen LogP contribution in [0, 0.1) is 0 Å². The van der Waals surface area contributed by atoms with Crippen LogP contribution in [-0.4, -0.2) is 27.5 Å². The average molecular weight is 323 g/mol. The van der Waals surface area contributed by atoms with Crippen LogP contribution in [0.1, 0.15) is 18.4 Å². The number of hydrogen-bond donors (Lipinski definition) is 2. The first-order chi connectivity index (χ1) is 11.5. The summed E-state index contributed by atoms with van der Waals surface area (Å²) in [5.41, 5.74) is 0.881. The van der Waals surface area contributed by atoms with E-state index < -0.39 is 5.60 Å². The van der Waals surface area contributed by atoms with E-state index in [2.05, 4.69) is 15.3 Å². The number of hydrogen-bond acceptors (Lipinski definition) is 5. The summed E-state index contributed by atoms with van der Waals surface area (Å²) in [7, 11) is 0. The lowest BCUT2D eigenvalue weighted by Gasteiger charge is -2.20. The summed E-state index contributed by atoms with van der Waals surface area (Å²) >= 11 is 0. The molecule has 0 aliphatic rings. The van der Waals surface area contributed by atoms with Crippen molar-refractivity contribution in [3.8, 4) is 0 Å². The molecule has 2 N–H and O–H groups in total. The van der Waals surface area contributed by atoms with Gasteiger partial charge in [0.15, 0.2) is 0 Å². The Morgan fingerprint density at radius 3 is 2.83 bits per heavy atom. The van der Waals surface area contributed by atoms with Crippen molar-refractivity contribution in [1.29, 1.82) is 0 Å². The maximum Gasteiger partial charge on any atom is 0.244 e. The van der Waals surface area contributed by atoms with Crippen molar-refractivity contribution in [3.05, 3.63) is 66.4 Å². The maximum absolute atomic E-state index is 11.9. The van der Waals surface area contributed by atoms with Gasteiger partial charge in [-0.25, -0.2) is 4.98 Å². The number of carbonyl (C=O) groups excluding carboxylic acids is 1. The minimum atomic E-state index is -1.27. The molecule has 2 heterocycles. The first-order valence-electron chi connectivity index (χ1n) is 7.49. The third kappa shape index (κ3) is 3.67. The molecule has 0 bridgehead atoms. The Labute approximate surface area is 138 Å². The van der Waals surface area contributed by atoms with Gasteiger partial charge in [-0.3, -0.25) is 9.78 Å². The third-order valence-corrected chi connectivity index (χ3v) is 3.53. The highest BCUT2D eigenvalue weighted by Crippen LogP contribution is 2.19. The normalized spacial score (nSPS) is 13.9. The van der Waals surface area contributed by atoms with Crippen LogP contribution in [-0.2, 0) is 10.4 Å². The molecule has 122 valence electrons. The Hall–Kier alpha value is -2.99. The summed E-state index contributed by atoms with van der Waals surface area (Å²) in [5.74, 6) is 0.0592. The summed E-state index contributed by atoms with van der Waals surface area (Å²) in [6, 6.07) is 10.9. The Balaban J connectivity index is 1.62. The molecule has 1 aromatic carbocycles. The largest absolute Gasteiger partial charge is 0.466 e. The lowest BCUT2D eigenvalue weighted by atomic mass is 10.0. The van der Waals surface area contributed by atoms with Crippen LogP contribution in [0.4, 0.5) is 0 Å². The number of furan rings is 1. The molecule has 2 aromatic heterocycles. The van der Waals surface area contributed by atoms with E-state index in [-0.39, 0.29) is 12.5 Å². The van der Waals surface area contributed by atoms with E-state index in [9.17, 15) is 9.90 Å². The zero-order valence-electron chi connectivity index (χ0n) is 13.1. The smallest absolute Gasteiger partial charge is 0.244 e. The molecule has 1 amide bonds. The number of para-hydroxylation sites is 2. The molecule has 0 fully saturated rings. The SMILES string of the molecule is CC(O)(CNC(=O)C=Cc1cnc2ccccc2n1)c1ccco1. The van der Waals surface area contributed by atoms with Crippen molar-refractivity contribution >= 4 is 23.0 Å². The number of benzene rings is 1. The monoisotopic (exact) mass is 323 g/mol. The Bertz CT molecular complexity index is 870. The molecule has 1 atom stereocenters. The number of aliphatic hydroxyl groups is 1. The average Bonchev–Trinajstić information content (AvgIpc) is 3.13. The molecule has 1 unspecified atom stereocenters. The van der Waals surface area contributed by atoms with E-state index in [1.54, 1.807) is 31.3 Å². The number of nitrogens with zero attached hydrogens (tertiary/aromatic N) is 2. The van der Waals surface area contributed by atoms with Crippen molar-refractivity contribution in [2.24, 2.45) is 0 Å². The lowest BCUT2D eigenvalue weighted by molar-refractivity contribution is -0.117. The van der Waals surface area contributed by atoms with Crippen molar-refractivity contribution in [1.82, 2.24) is 15.3 Å². The van der Waals surface area contributed by atoms with Crippen molar-refractivity contribution in [2.75, 3.05) is 6.54 Å². The molecule has 0 aliphatic heterocycles. The van der Waals surface area contributed by atoms with Crippen LogP contribution < -0.4 is 5.32 Å². The first kappa shape index (κ1) is 15.9. The van der Waals surface area contributed by atoms with Gasteiger partial charge in [0.1, 0.15) is 11.4 Å². The third-order valence-electron chi connectivity index (χ3n) is 3.53. The molecule has 3 aromatic rings. The number of fused-ring (bicyclic) bond motifs is 1. The molecule has 0 aliphatic carbocycles. The van der Waals surface area contributed by atoms with Crippen LogP contribution in [0.25, 0.3) is 17.1 Å². The molecular weight excluding hydrogens is 306 g/mol. The summed E-state index contributed by atoms with van der Waals surface area (Å²) in [4.78, 5) is 20.6. The number of aromatic nitrogens is 2. The Morgan fingerprint density at radius 1 is 1.29 bits per heavy atom. The Morgan fingerprint density at radius 2 is 2.08 bits per heavy atom. The first-order valence-corrected chi connectivity index (χ1v) is 7.49. The van der Waals surface area contributed by atoms with E-state index in [1.807, 2.05) is 24.3 Å². The van der Waals surface area contributed by atoms with Gasteiger partial charge in [0, 0.05) is 6.08 Å². The summed E-state index contributed by atoms with van der Waals surface area (Å²) < 4.78 is 5.16. The molecule has 6 nitrogen and oxygen atoms in total. The van der Waals surface area contributed by atoms with Crippen LogP contribution in [0.2, 0.25) is 0 Å². The highest BCUT2D eigenvalue weighted by atomic mass is 16.4. The highest BCUT2D eigenvalue weighted by Gasteiger charge is 2.26. The molecule has 0 saturated heterocycles. The fraction of sp³-hybridized carbons (Fsp3) is 0.167. The molecular formula is C18H17N3O3. The number of nitrogens with one attached hydrogen (secondary N) is 1. The number of carbonyl (C=O) groups is 1. The summed E-state index contributed by atoms with van der Waals surface area (Å²) in [6.07, 6.45) is 6.02. The topological polar surface area (TPSA) is 88.2 Å². The maximum atomic E-state index is 11.9. The standard InChI is InChI=1S/C18H17N3O3/c1-18(23,16-7-4-10-24-16)12-20-17(22)9-8-13-11-19-14-5-2-3-6-15(14)21-13/h2-11,23H,12H2,1H3,(H,20,22). The van der Waals surface area contributed by atoms with Gasteiger partial charge >= 0.3 is 0 Å². The van der Waals surface area contributed by atoms with E-state index in [1.165, 1.54) is 12.3 Å². The van der Waals surface area contributed by atoms with Gasteiger partial charge in [-0.2, -0.15) is 0 Å². The van der Waals surface area contributed by atoms with E-state index in [0.717, 1.165) is 11.0 Å². The predicted octanol–water partition coefficient (Wildman–Crippen LogP) is 2.26. The summed E-state index contributed by atoms with van der Waals surface area (Å²) in [5, 5.41) is 12.9. The van der Waals surface area contributed by atoms with E-state index in [4.69, 9.17) is 4.42 Å². The molecule has 24 heavy (non-hydrogen) atoms. The van der Waals surface area contributed by atoms with Gasteiger partial charge in [-0.05, 0) is 37.3 Å². The fourth-order valence-corrected chi connectivity index (χ4v) is 2.20.